The number of rotatable bonds is 2. The minimum Gasteiger partial charge on any atom is -0.478 e. The van der Waals surface area contributed by atoms with Gasteiger partial charge in [0.15, 0.2) is 0 Å². The minimum atomic E-state index is -0.935. The molecule has 0 aliphatic carbocycles. The second kappa shape index (κ2) is 8.80. The summed E-state index contributed by atoms with van der Waals surface area (Å²) in [5.41, 5.74) is 0.352. The van der Waals surface area contributed by atoms with Crippen molar-refractivity contribution in [1.29, 1.82) is 0 Å². The molecule has 76 valence electrons. The highest BCUT2D eigenvalue weighted by molar-refractivity contribution is 5.85. The third-order valence-corrected chi connectivity index (χ3v) is 0.730. The van der Waals surface area contributed by atoms with Crippen molar-refractivity contribution in [3.05, 3.63) is 24.3 Å². The van der Waals surface area contributed by atoms with Gasteiger partial charge in [0.1, 0.15) is 0 Å². The Morgan fingerprint density at radius 2 is 1.00 bits per heavy atom. The summed E-state index contributed by atoms with van der Waals surface area (Å²) in [6.07, 6.45) is 0. The van der Waals surface area contributed by atoms with Gasteiger partial charge < -0.3 is 10.2 Å². The first kappa shape index (κ1) is 17.7. The number of aliphatic carboxylic acids is 2. The van der Waals surface area contributed by atoms with Crippen LogP contribution in [0.5, 0.6) is 0 Å². The number of halogens is 1. The van der Waals surface area contributed by atoms with Crippen LogP contribution in [-0.2, 0) is 9.59 Å². The molecule has 0 aliphatic rings. The lowest BCUT2D eigenvalue weighted by Gasteiger charge is -1.79. The van der Waals surface area contributed by atoms with E-state index in [4.69, 9.17) is 10.2 Å². The van der Waals surface area contributed by atoms with Gasteiger partial charge in [-0.25, -0.2) is 9.59 Å². The molecule has 0 heterocycles. The maximum atomic E-state index is 9.60. The summed E-state index contributed by atoms with van der Waals surface area (Å²) in [6, 6.07) is 0. The number of hydrogen-bond acceptors (Lipinski definition) is 2. The monoisotopic (exact) mass is 208 g/mol. The molecule has 0 fully saturated rings. The van der Waals surface area contributed by atoms with Crippen LogP contribution in [0.2, 0.25) is 0 Å². The highest BCUT2D eigenvalue weighted by Crippen LogP contribution is 1.81. The molecule has 0 radical (unpaired) electrons. The fourth-order valence-corrected chi connectivity index (χ4v) is 0. The standard InChI is InChI=1S/2C4H6O2.ClH/c2*1-3(2)4(5)6;/h2*1H2,2H3,(H,5,6);1H. The molecule has 0 rings (SSSR count). The third-order valence-electron chi connectivity index (χ3n) is 0.730. The summed E-state index contributed by atoms with van der Waals surface area (Å²) in [7, 11) is 0. The maximum Gasteiger partial charge on any atom is 0.330 e. The van der Waals surface area contributed by atoms with E-state index in [1.165, 1.54) is 13.8 Å². The van der Waals surface area contributed by atoms with Gasteiger partial charge in [0.05, 0.1) is 0 Å². The largest absolute Gasteiger partial charge is 0.478 e. The highest BCUT2D eigenvalue weighted by Gasteiger charge is 1.90. The molecule has 0 saturated heterocycles. The number of carboxylic acids is 2. The maximum absolute atomic E-state index is 9.60. The van der Waals surface area contributed by atoms with Gasteiger partial charge in [-0.05, 0) is 13.8 Å². The summed E-state index contributed by atoms with van der Waals surface area (Å²) >= 11 is 0. The van der Waals surface area contributed by atoms with E-state index in [1.807, 2.05) is 0 Å². The average Bonchev–Trinajstić information content (AvgIpc) is 1.88. The first-order valence-electron chi connectivity index (χ1n) is 3.06. The van der Waals surface area contributed by atoms with E-state index in [1.54, 1.807) is 0 Å². The second-order valence-corrected chi connectivity index (χ2v) is 2.17. The van der Waals surface area contributed by atoms with Crippen molar-refractivity contribution in [2.75, 3.05) is 0 Å². The van der Waals surface area contributed by atoms with Gasteiger partial charge in [-0.2, -0.15) is 0 Å². The Morgan fingerprint density at radius 3 is 1.00 bits per heavy atom. The Bertz CT molecular complexity index is 172. The summed E-state index contributed by atoms with van der Waals surface area (Å²) in [5, 5.41) is 15.8. The van der Waals surface area contributed by atoms with Gasteiger partial charge in [-0.1, -0.05) is 13.2 Å². The van der Waals surface area contributed by atoms with Gasteiger partial charge in [0, 0.05) is 11.1 Å². The molecular formula is C8H13ClO4. The zero-order valence-electron chi connectivity index (χ0n) is 7.53. The van der Waals surface area contributed by atoms with E-state index in [2.05, 4.69) is 13.2 Å². The van der Waals surface area contributed by atoms with Crippen LogP contribution in [0.15, 0.2) is 24.3 Å². The molecule has 2 N–H and O–H groups in total. The van der Waals surface area contributed by atoms with Gasteiger partial charge >= 0.3 is 11.9 Å². The summed E-state index contributed by atoms with van der Waals surface area (Å²) in [5.74, 6) is -1.87. The van der Waals surface area contributed by atoms with E-state index in [9.17, 15) is 9.59 Å². The van der Waals surface area contributed by atoms with Crippen LogP contribution in [-0.4, -0.2) is 22.2 Å². The zero-order chi connectivity index (χ0) is 10.3. The number of carboxylic acid groups (broad SMARTS) is 2. The van der Waals surface area contributed by atoms with Crippen LogP contribution >= 0.6 is 12.4 Å². The van der Waals surface area contributed by atoms with Gasteiger partial charge in [-0.3, -0.25) is 0 Å². The van der Waals surface area contributed by atoms with Crippen LogP contribution < -0.4 is 0 Å². The van der Waals surface area contributed by atoms with Crippen molar-refractivity contribution in [3.63, 3.8) is 0 Å². The molecule has 0 aliphatic heterocycles. The van der Waals surface area contributed by atoms with Gasteiger partial charge in [-0.15, -0.1) is 12.4 Å². The Kier molecular flexibility index (Phi) is 12.0. The van der Waals surface area contributed by atoms with Crippen LogP contribution in [0.1, 0.15) is 13.8 Å². The predicted molar refractivity (Wildman–Crippen MR) is 52.1 cm³/mol. The fraction of sp³-hybridized carbons (Fsp3) is 0.250. The van der Waals surface area contributed by atoms with Crippen LogP contribution in [0.3, 0.4) is 0 Å². The first-order chi connectivity index (χ1) is 5.29. The molecule has 0 unspecified atom stereocenters. The van der Waals surface area contributed by atoms with Gasteiger partial charge in [0.25, 0.3) is 0 Å². The van der Waals surface area contributed by atoms with Crippen molar-refractivity contribution >= 4 is 24.3 Å². The summed E-state index contributed by atoms with van der Waals surface area (Å²) < 4.78 is 0. The van der Waals surface area contributed by atoms with Crippen molar-refractivity contribution in [2.45, 2.75) is 13.8 Å². The molecule has 13 heavy (non-hydrogen) atoms. The van der Waals surface area contributed by atoms with E-state index >= 15 is 0 Å². The number of carbonyl (C=O) groups is 2. The molecule has 5 heteroatoms. The Balaban J connectivity index is -0.000000143. The molecule has 0 spiro atoms. The SMILES string of the molecule is C=C(C)C(=O)O.C=C(C)C(=O)O.Cl. The fourth-order valence-electron chi connectivity index (χ4n) is 0. The van der Waals surface area contributed by atoms with Gasteiger partial charge in [0.2, 0.25) is 0 Å². The molecule has 0 aromatic rings. The third kappa shape index (κ3) is 18.0. The van der Waals surface area contributed by atoms with Crippen molar-refractivity contribution < 1.29 is 19.8 Å². The smallest absolute Gasteiger partial charge is 0.330 e. The van der Waals surface area contributed by atoms with Crippen LogP contribution in [0.25, 0.3) is 0 Å². The average molecular weight is 209 g/mol. The Hall–Kier alpha value is -1.29. The molecule has 0 amide bonds. The van der Waals surface area contributed by atoms with Crippen molar-refractivity contribution in [3.8, 4) is 0 Å². The van der Waals surface area contributed by atoms with Crippen molar-refractivity contribution in [1.82, 2.24) is 0 Å². The molecule has 0 bridgehead atoms. The zero-order valence-corrected chi connectivity index (χ0v) is 8.35. The number of hydrogen-bond donors (Lipinski definition) is 2. The minimum absolute atomic E-state index is 0. The first-order valence-corrected chi connectivity index (χ1v) is 3.06. The quantitative estimate of drug-likeness (QED) is 0.678. The molecular weight excluding hydrogens is 196 g/mol. The molecule has 4 nitrogen and oxygen atoms in total. The van der Waals surface area contributed by atoms with Crippen LogP contribution in [0.4, 0.5) is 0 Å². The molecule has 0 atom stereocenters. The Morgan fingerprint density at radius 1 is 0.923 bits per heavy atom. The molecule has 0 aromatic carbocycles. The lowest BCUT2D eigenvalue weighted by molar-refractivity contribution is -0.133. The predicted octanol–water partition coefficient (Wildman–Crippen LogP) is 1.72. The van der Waals surface area contributed by atoms with E-state index in [0.29, 0.717) is 0 Å². The Labute approximate surface area is 83.0 Å². The topological polar surface area (TPSA) is 74.6 Å². The highest BCUT2D eigenvalue weighted by atomic mass is 35.5. The second-order valence-electron chi connectivity index (χ2n) is 2.17. The van der Waals surface area contributed by atoms with E-state index in [-0.39, 0.29) is 23.6 Å². The summed E-state index contributed by atoms with van der Waals surface area (Å²) in [4.78, 5) is 19.2. The lowest BCUT2D eigenvalue weighted by Crippen LogP contribution is -1.92. The van der Waals surface area contributed by atoms with E-state index < -0.39 is 11.9 Å². The van der Waals surface area contributed by atoms with E-state index in [0.717, 1.165) is 0 Å². The van der Waals surface area contributed by atoms with Crippen LogP contribution in [0, 0.1) is 0 Å². The molecule has 0 aromatic heterocycles. The summed E-state index contributed by atoms with van der Waals surface area (Å²) in [6.45, 7) is 9.20. The lowest BCUT2D eigenvalue weighted by atomic mass is 10.4. The normalized spacial score (nSPS) is 6.92. The van der Waals surface area contributed by atoms with Crippen molar-refractivity contribution in [2.24, 2.45) is 0 Å². The molecule has 0 saturated carbocycles.